The van der Waals surface area contributed by atoms with E-state index >= 15 is 0 Å². The van der Waals surface area contributed by atoms with Crippen LogP contribution in [0.4, 0.5) is 0 Å². The number of aliphatic hydroxyl groups excluding tert-OH is 3. The minimum atomic E-state index is -0.950. The third kappa shape index (κ3) is 2.40. The van der Waals surface area contributed by atoms with Crippen molar-refractivity contribution in [1.29, 1.82) is 0 Å². The van der Waals surface area contributed by atoms with E-state index in [1.165, 1.54) is 0 Å². The van der Waals surface area contributed by atoms with Crippen molar-refractivity contribution in [2.24, 2.45) is 5.92 Å². The van der Waals surface area contributed by atoms with Crippen LogP contribution < -0.4 is 0 Å². The maximum Gasteiger partial charge on any atom is 0.111 e. The Morgan fingerprint density at radius 1 is 1.15 bits per heavy atom. The number of hydrogen-bond donors (Lipinski definition) is 3. The van der Waals surface area contributed by atoms with Gasteiger partial charge in [0.25, 0.3) is 0 Å². The average Bonchev–Trinajstić information content (AvgIpc) is 2.32. The molecule has 0 aromatic carbocycles. The zero-order chi connectivity index (χ0) is 10.0. The first-order chi connectivity index (χ1) is 6.06. The minimum absolute atomic E-state index is 0.243. The van der Waals surface area contributed by atoms with Gasteiger partial charge in [-0.1, -0.05) is 13.8 Å². The highest BCUT2D eigenvalue weighted by atomic mass is 16.6. The summed E-state index contributed by atoms with van der Waals surface area (Å²) in [7, 11) is 0. The van der Waals surface area contributed by atoms with Crippen LogP contribution in [0.15, 0.2) is 0 Å². The first kappa shape index (κ1) is 10.9. The molecule has 0 aliphatic carbocycles. The third-order valence-electron chi connectivity index (χ3n) is 2.34. The molecule has 3 N–H and O–H groups in total. The van der Waals surface area contributed by atoms with Crippen molar-refractivity contribution in [2.45, 2.75) is 44.7 Å². The molecule has 78 valence electrons. The number of ether oxygens (including phenoxy) is 1. The summed E-state index contributed by atoms with van der Waals surface area (Å²) < 4.78 is 5.30. The summed E-state index contributed by atoms with van der Waals surface area (Å²) in [6.07, 6.45) is -2.08. The smallest absolute Gasteiger partial charge is 0.111 e. The fourth-order valence-corrected chi connectivity index (χ4v) is 1.64. The monoisotopic (exact) mass is 190 g/mol. The molecule has 1 heterocycles. The Labute approximate surface area is 78.1 Å². The Balaban J connectivity index is 2.50. The van der Waals surface area contributed by atoms with E-state index in [-0.39, 0.29) is 12.7 Å². The van der Waals surface area contributed by atoms with Crippen LogP contribution in [0.3, 0.4) is 0 Å². The lowest BCUT2D eigenvalue weighted by Gasteiger charge is -2.16. The van der Waals surface area contributed by atoms with Gasteiger partial charge in [0.15, 0.2) is 0 Å². The second-order valence-electron chi connectivity index (χ2n) is 4.01. The zero-order valence-corrected chi connectivity index (χ0v) is 8.05. The van der Waals surface area contributed by atoms with Crippen molar-refractivity contribution in [2.75, 3.05) is 6.61 Å². The van der Waals surface area contributed by atoms with Crippen LogP contribution >= 0.6 is 0 Å². The van der Waals surface area contributed by atoms with Gasteiger partial charge in [-0.25, -0.2) is 0 Å². The molecule has 0 saturated carbocycles. The van der Waals surface area contributed by atoms with Gasteiger partial charge >= 0.3 is 0 Å². The Bertz CT molecular complexity index is 160. The van der Waals surface area contributed by atoms with Crippen LogP contribution in [0.5, 0.6) is 0 Å². The average molecular weight is 190 g/mol. The number of aliphatic hydroxyl groups is 3. The van der Waals surface area contributed by atoms with E-state index in [2.05, 4.69) is 0 Å². The van der Waals surface area contributed by atoms with Gasteiger partial charge in [0.05, 0.1) is 12.7 Å². The van der Waals surface area contributed by atoms with Gasteiger partial charge in [0, 0.05) is 0 Å². The van der Waals surface area contributed by atoms with Gasteiger partial charge in [-0.3, -0.25) is 0 Å². The summed E-state index contributed by atoms with van der Waals surface area (Å²) in [5, 5.41) is 27.7. The predicted octanol–water partition coefficient (Wildman–Crippen LogP) is -0.486. The van der Waals surface area contributed by atoms with Gasteiger partial charge in [-0.15, -0.1) is 0 Å². The summed E-state index contributed by atoms with van der Waals surface area (Å²) >= 11 is 0. The molecule has 1 rings (SSSR count). The van der Waals surface area contributed by atoms with Gasteiger partial charge in [-0.05, 0) is 12.3 Å². The molecule has 1 fully saturated rings. The van der Waals surface area contributed by atoms with E-state index in [0.717, 1.165) is 0 Å². The summed E-state index contributed by atoms with van der Waals surface area (Å²) in [5.74, 6) is 0.407. The van der Waals surface area contributed by atoms with Crippen molar-refractivity contribution in [3.05, 3.63) is 0 Å². The first-order valence-corrected chi connectivity index (χ1v) is 4.68. The van der Waals surface area contributed by atoms with E-state index in [9.17, 15) is 10.2 Å². The van der Waals surface area contributed by atoms with Crippen molar-refractivity contribution in [3.63, 3.8) is 0 Å². The topological polar surface area (TPSA) is 69.9 Å². The molecule has 4 nitrogen and oxygen atoms in total. The molecular weight excluding hydrogens is 172 g/mol. The number of rotatable bonds is 3. The minimum Gasteiger partial charge on any atom is -0.394 e. The van der Waals surface area contributed by atoms with Crippen molar-refractivity contribution < 1.29 is 20.1 Å². The van der Waals surface area contributed by atoms with E-state index in [1.54, 1.807) is 0 Å². The molecule has 0 amide bonds. The second-order valence-corrected chi connectivity index (χ2v) is 4.01. The van der Waals surface area contributed by atoms with Crippen molar-refractivity contribution >= 4 is 0 Å². The molecule has 0 unspecified atom stereocenters. The van der Waals surface area contributed by atoms with Gasteiger partial charge < -0.3 is 20.1 Å². The van der Waals surface area contributed by atoms with E-state index < -0.39 is 18.3 Å². The standard InChI is InChI=1S/C9H18O4/c1-5(2)3-6-8(11)9(12)7(4-10)13-6/h5-12H,3-4H2,1-2H3/t6-,7+,8+,9+/m0/s1. The van der Waals surface area contributed by atoms with E-state index in [0.29, 0.717) is 12.3 Å². The maximum absolute atomic E-state index is 9.52. The lowest BCUT2D eigenvalue weighted by atomic mass is 10.00. The Kier molecular flexibility index (Phi) is 3.67. The maximum atomic E-state index is 9.52. The summed E-state index contributed by atoms with van der Waals surface area (Å²) in [6, 6.07) is 0. The molecule has 1 aliphatic heterocycles. The molecule has 0 aromatic rings. The quantitative estimate of drug-likeness (QED) is 0.562. The lowest BCUT2D eigenvalue weighted by molar-refractivity contribution is -0.0273. The van der Waals surface area contributed by atoms with Crippen LogP contribution in [0.2, 0.25) is 0 Å². The third-order valence-corrected chi connectivity index (χ3v) is 2.34. The van der Waals surface area contributed by atoms with Crippen molar-refractivity contribution in [3.8, 4) is 0 Å². The van der Waals surface area contributed by atoms with Crippen LogP contribution in [-0.4, -0.2) is 46.3 Å². The van der Waals surface area contributed by atoms with Crippen LogP contribution in [-0.2, 0) is 4.74 Å². The Hall–Kier alpha value is -0.160. The highest BCUT2D eigenvalue weighted by molar-refractivity contribution is 4.90. The van der Waals surface area contributed by atoms with Crippen molar-refractivity contribution in [1.82, 2.24) is 0 Å². The summed E-state index contributed by atoms with van der Waals surface area (Å²) in [6.45, 7) is 3.80. The highest BCUT2D eigenvalue weighted by Gasteiger charge is 2.41. The van der Waals surface area contributed by atoms with E-state index in [4.69, 9.17) is 9.84 Å². The normalized spacial score (nSPS) is 40.2. The number of hydrogen-bond acceptors (Lipinski definition) is 4. The SMILES string of the molecule is CC(C)C[C@@H]1O[C@H](CO)[C@@H](O)[C@@H]1O. The largest absolute Gasteiger partial charge is 0.394 e. The molecule has 0 spiro atoms. The first-order valence-electron chi connectivity index (χ1n) is 4.68. The Morgan fingerprint density at radius 2 is 1.69 bits per heavy atom. The fourth-order valence-electron chi connectivity index (χ4n) is 1.64. The zero-order valence-electron chi connectivity index (χ0n) is 8.05. The van der Waals surface area contributed by atoms with E-state index in [1.807, 2.05) is 13.8 Å². The molecule has 4 atom stereocenters. The van der Waals surface area contributed by atoms with Gasteiger partial charge in [-0.2, -0.15) is 0 Å². The van der Waals surface area contributed by atoms with Gasteiger partial charge in [0.2, 0.25) is 0 Å². The van der Waals surface area contributed by atoms with Crippen LogP contribution in [0.25, 0.3) is 0 Å². The predicted molar refractivity (Wildman–Crippen MR) is 47.2 cm³/mol. The molecular formula is C9H18O4. The molecule has 0 aromatic heterocycles. The molecule has 1 saturated heterocycles. The van der Waals surface area contributed by atoms with Crippen LogP contribution in [0, 0.1) is 5.92 Å². The molecule has 1 aliphatic rings. The Morgan fingerprint density at radius 3 is 2.08 bits per heavy atom. The highest BCUT2D eigenvalue weighted by Crippen LogP contribution is 2.25. The fraction of sp³-hybridized carbons (Fsp3) is 1.00. The van der Waals surface area contributed by atoms with Gasteiger partial charge in [0.1, 0.15) is 18.3 Å². The second kappa shape index (κ2) is 4.37. The molecule has 0 bridgehead atoms. The molecule has 0 radical (unpaired) electrons. The molecule has 13 heavy (non-hydrogen) atoms. The lowest BCUT2D eigenvalue weighted by Crippen LogP contribution is -2.34. The summed E-state index contributed by atoms with van der Waals surface area (Å²) in [4.78, 5) is 0. The summed E-state index contributed by atoms with van der Waals surface area (Å²) in [5.41, 5.74) is 0. The molecule has 4 heteroatoms. The van der Waals surface area contributed by atoms with Crippen LogP contribution in [0.1, 0.15) is 20.3 Å².